The molecule has 0 spiro atoms. The smallest absolute Gasteiger partial charge is 0.267 e. The molecule has 1 aromatic heterocycles. The minimum atomic E-state index is -0.524. The van der Waals surface area contributed by atoms with Crippen molar-refractivity contribution in [3.05, 3.63) is 90.0 Å². The molecule has 0 radical (unpaired) electrons. The van der Waals surface area contributed by atoms with Crippen LogP contribution in [0.3, 0.4) is 0 Å². The second-order valence-corrected chi connectivity index (χ2v) is 7.52. The number of oxime groups is 1. The number of nitriles is 1. The Hall–Kier alpha value is -5.03. The highest BCUT2D eigenvalue weighted by Crippen LogP contribution is 2.41. The molecule has 0 saturated heterocycles. The maximum absolute atomic E-state index is 12.6. The van der Waals surface area contributed by atoms with Gasteiger partial charge in [0, 0.05) is 16.7 Å². The average molecular weight is 482 g/mol. The number of methoxy groups -OCH3 is 2. The van der Waals surface area contributed by atoms with Crippen LogP contribution < -0.4 is 14.8 Å². The summed E-state index contributed by atoms with van der Waals surface area (Å²) in [6.07, 6.45) is 1.45. The molecule has 180 valence electrons. The van der Waals surface area contributed by atoms with Crippen molar-refractivity contribution in [1.82, 2.24) is 0 Å². The van der Waals surface area contributed by atoms with Gasteiger partial charge in [0.2, 0.25) is 5.88 Å². The van der Waals surface area contributed by atoms with E-state index < -0.39 is 5.91 Å². The fourth-order valence-corrected chi connectivity index (χ4v) is 3.59. The van der Waals surface area contributed by atoms with Crippen LogP contribution in [-0.4, -0.2) is 32.9 Å². The van der Waals surface area contributed by atoms with E-state index in [1.807, 2.05) is 60.7 Å². The van der Waals surface area contributed by atoms with E-state index in [4.69, 9.17) is 18.7 Å². The maximum atomic E-state index is 12.6. The fourth-order valence-electron chi connectivity index (χ4n) is 3.59. The normalized spacial score (nSPS) is 10.6. The monoisotopic (exact) mass is 481 g/mol. The standard InChI is InChI=1S/C28H23N3O5/c1-33-23-14-13-19(15-24(23)34-2)17-30-35-18-25(32)31-28-22(16-29)26(20-9-5-3-6-10-20)27(36-28)21-11-7-4-8-12-21/h3-15,17H,18H2,1-2H3,(H,31,32)/b30-17-. The number of hydrogen-bond donors (Lipinski definition) is 1. The number of carbonyl (C=O) groups excluding carboxylic acids is 1. The van der Waals surface area contributed by atoms with E-state index in [1.54, 1.807) is 25.3 Å². The van der Waals surface area contributed by atoms with Crippen LogP contribution in [-0.2, 0) is 9.63 Å². The van der Waals surface area contributed by atoms with Crippen molar-refractivity contribution in [3.63, 3.8) is 0 Å². The highest BCUT2D eigenvalue weighted by Gasteiger charge is 2.24. The van der Waals surface area contributed by atoms with E-state index in [-0.39, 0.29) is 18.1 Å². The van der Waals surface area contributed by atoms with Gasteiger partial charge in [0.15, 0.2) is 18.1 Å². The summed E-state index contributed by atoms with van der Waals surface area (Å²) in [5.74, 6) is 1.15. The van der Waals surface area contributed by atoms with Gasteiger partial charge in [-0.05, 0) is 23.8 Å². The summed E-state index contributed by atoms with van der Waals surface area (Å²) in [5.41, 5.74) is 3.11. The number of hydrogen-bond acceptors (Lipinski definition) is 7. The first-order valence-electron chi connectivity index (χ1n) is 11.0. The van der Waals surface area contributed by atoms with Crippen LogP contribution in [0.15, 0.2) is 88.4 Å². The Bertz CT molecular complexity index is 1410. The molecule has 0 aliphatic heterocycles. The Morgan fingerprint density at radius 2 is 1.64 bits per heavy atom. The molecule has 0 bridgehead atoms. The molecule has 0 aliphatic carbocycles. The third kappa shape index (κ3) is 5.37. The predicted molar refractivity (Wildman–Crippen MR) is 136 cm³/mol. The molecule has 0 aliphatic rings. The molecular weight excluding hydrogens is 458 g/mol. The molecule has 4 rings (SSSR count). The Kier molecular flexibility index (Phi) is 7.63. The first-order chi connectivity index (χ1) is 17.6. The zero-order valence-corrected chi connectivity index (χ0v) is 19.7. The quantitative estimate of drug-likeness (QED) is 0.250. The van der Waals surface area contributed by atoms with Crippen LogP contribution >= 0.6 is 0 Å². The van der Waals surface area contributed by atoms with Gasteiger partial charge in [-0.1, -0.05) is 65.8 Å². The van der Waals surface area contributed by atoms with Crippen molar-refractivity contribution in [1.29, 1.82) is 5.26 Å². The Morgan fingerprint density at radius 1 is 0.972 bits per heavy atom. The van der Waals surface area contributed by atoms with Gasteiger partial charge in [0.25, 0.3) is 5.91 Å². The molecule has 1 N–H and O–H groups in total. The van der Waals surface area contributed by atoms with Crippen molar-refractivity contribution in [2.45, 2.75) is 0 Å². The molecule has 0 fully saturated rings. The Balaban J connectivity index is 1.51. The van der Waals surface area contributed by atoms with E-state index in [9.17, 15) is 10.1 Å². The van der Waals surface area contributed by atoms with Crippen molar-refractivity contribution in [2.24, 2.45) is 5.16 Å². The van der Waals surface area contributed by atoms with Crippen LogP contribution in [0.25, 0.3) is 22.5 Å². The highest BCUT2D eigenvalue weighted by molar-refractivity contribution is 5.96. The van der Waals surface area contributed by atoms with Crippen LogP contribution in [0.2, 0.25) is 0 Å². The number of anilines is 1. The van der Waals surface area contributed by atoms with Crippen molar-refractivity contribution in [2.75, 3.05) is 26.1 Å². The number of nitrogens with zero attached hydrogens (tertiary/aromatic N) is 2. The largest absolute Gasteiger partial charge is 0.493 e. The lowest BCUT2D eigenvalue weighted by Crippen LogP contribution is -2.17. The summed E-state index contributed by atoms with van der Waals surface area (Å²) in [4.78, 5) is 17.7. The lowest BCUT2D eigenvalue weighted by molar-refractivity contribution is -0.120. The number of rotatable bonds is 9. The van der Waals surface area contributed by atoms with E-state index in [1.165, 1.54) is 13.3 Å². The third-order valence-electron chi connectivity index (χ3n) is 5.25. The van der Waals surface area contributed by atoms with E-state index >= 15 is 0 Å². The first-order valence-corrected chi connectivity index (χ1v) is 11.0. The number of amides is 1. The van der Waals surface area contributed by atoms with Gasteiger partial charge in [-0.2, -0.15) is 5.26 Å². The summed E-state index contributed by atoms with van der Waals surface area (Å²) < 4.78 is 16.5. The van der Waals surface area contributed by atoms with Crippen molar-refractivity contribution < 1.29 is 23.5 Å². The second kappa shape index (κ2) is 11.4. The molecule has 8 nitrogen and oxygen atoms in total. The van der Waals surface area contributed by atoms with E-state index in [0.717, 1.165) is 11.1 Å². The number of ether oxygens (including phenoxy) is 2. The number of furan rings is 1. The van der Waals surface area contributed by atoms with Gasteiger partial charge in [0.1, 0.15) is 17.4 Å². The number of benzene rings is 3. The molecule has 0 atom stereocenters. The number of carbonyl (C=O) groups is 1. The second-order valence-electron chi connectivity index (χ2n) is 7.52. The topological polar surface area (TPSA) is 106 Å². The predicted octanol–water partition coefficient (Wildman–Crippen LogP) is 5.49. The molecule has 0 unspecified atom stereocenters. The summed E-state index contributed by atoms with van der Waals surface area (Å²) in [6, 6.07) is 26.2. The zero-order chi connectivity index (χ0) is 25.3. The first kappa shape index (κ1) is 24.1. The molecule has 4 aromatic rings. The lowest BCUT2D eigenvalue weighted by Gasteiger charge is -2.07. The maximum Gasteiger partial charge on any atom is 0.267 e. The minimum Gasteiger partial charge on any atom is -0.493 e. The molecule has 8 heteroatoms. The van der Waals surface area contributed by atoms with Crippen LogP contribution in [0.4, 0.5) is 5.88 Å². The molecule has 36 heavy (non-hydrogen) atoms. The molecule has 1 heterocycles. The third-order valence-corrected chi connectivity index (χ3v) is 5.25. The Morgan fingerprint density at radius 3 is 2.28 bits per heavy atom. The van der Waals surface area contributed by atoms with Gasteiger partial charge < -0.3 is 18.7 Å². The summed E-state index contributed by atoms with van der Waals surface area (Å²) in [5, 5.41) is 16.4. The lowest BCUT2D eigenvalue weighted by atomic mass is 9.98. The summed E-state index contributed by atoms with van der Waals surface area (Å²) in [6.45, 7) is -0.378. The molecular formula is C28H23N3O5. The van der Waals surface area contributed by atoms with Gasteiger partial charge in [-0.3, -0.25) is 10.1 Å². The Labute approximate surface area is 208 Å². The van der Waals surface area contributed by atoms with Crippen LogP contribution in [0.5, 0.6) is 11.5 Å². The van der Waals surface area contributed by atoms with Crippen molar-refractivity contribution in [3.8, 4) is 40.0 Å². The molecule has 0 saturated carbocycles. The van der Waals surface area contributed by atoms with Crippen LogP contribution in [0.1, 0.15) is 11.1 Å². The minimum absolute atomic E-state index is 0.0488. The highest BCUT2D eigenvalue weighted by atomic mass is 16.6. The van der Waals surface area contributed by atoms with Crippen LogP contribution in [0, 0.1) is 11.3 Å². The SMILES string of the molecule is COc1ccc(/C=N\OCC(=O)Nc2oc(-c3ccccc3)c(-c3ccccc3)c2C#N)cc1OC. The summed E-state index contributed by atoms with van der Waals surface area (Å²) in [7, 11) is 3.09. The van der Waals surface area contributed by atoms with Gasteiger partial charge in [-0.25, -0.2) is 0 Å². The number of nitrogens with one attached hydrogen (secondary N) is 1. The zero-order valence-electron chi connectivity index (χ0n) is 19.7. The summed E-state index contributed by atoms with van der Waals surface area (Å²) >= 11 is 0. The van der Waals surface area contributed by atoms with Gasteiger partial charge in [-0.15, -0.1) is 0 Å². The van der Waals surface area contributed by atoms with Crippen molar-refractivity contribution >= 4 is 18.0 Å². The van der Waals surface area contributed by atoms with E-state index in [0.29, 0.717) is 28.4 Å². The van der Waals surface area contributed by atoms with Gasteiger partial charge in [0.05, 0.1) is 20.4 Å². The van der Waals surface area contributed by atoms with Gasteiger partial charge >= 0.3 is 0 Å². The molecule has 1 amide bonds. The average Bonchev–Trinajstić information content (AvgIpc) is 3.29. The molecule has 3 aromatic carbocycles. The van der Waals surface area contributed by atoms with E-state index in [2.05, 4.69) is 16.5 Å². The fraction of sp³-hybridized carbons (Fsp3) is 0.107.